The quantitative estimate of drug-likeness (QED) is 0.396. The second-order valence-corrected chi connectivity index (χ2v) is 7.96. The van der Waals surface area contributed by atoms with Crippen molar-refractivity contribution in [3.63, 3.8) is 0 Å². The van der Waals surface area contributed by atoms with E-state index in [9.17, 15) is 9.59 Å². The van der Waals surface area contributed by atoms with E-state index in [2.05, 4.69) is 11.4 Å². The summed E-state index contributed by atoms with van der Waals surface area (Å²) in [5.74, 6) is -0.863. The van der Waals surface area contributed by atoms with E-state index in [1.54, 1.807) is 0 Å². The Morgan fingerprint density at radius 2 is 1.22 bits per heavy atom. The number of fused-ring (bicyclic) bond motifs is 3. The van der Waals surface area contributed by atoms with Gasteiger partial charge in [0, 0.05) is 6.42 Å². The largest absolute Gasteiger partial charge is 0.368 e. The van der Waals surface area contributed by atoms with Gasteiger partial charge in [-0.1, -0.05) is 91.0 Å². The molecule has 0 spiro atoms. The lowest BCUT2D eigenvalue weighted by atomic mass is 9.95. The Balaban J connectivity index is 1.55. The number of hydrogen-bond acceptors (Lipinski definition) is 2. The highest BCUT2D eigenvalue weighted by atomic mass is 16.2. The number of carbonyl (C=O) groups excluding carboxylic acids is 2. The molecule has 0 unspecified atom stereocenters. The molecule has 0 radical (unpaired) electrons. The van der Waals surface area contributed by atoms with Gasteiger partial charge in [-0.15, -0.1) is 0 Å². The van der Waals surface area contributed by atoms with E-state index in [1.807, 2.05) is 91.0 Å². The Bertz CT molecular complexity index is 1430. The molecule has 0 aliphatic heterocycles. The van der Waals surface area contributed by atoms with Crippen molar-refractivity contribution in [2.45, 2.75) is 12.5 Å². The predicted octanol–water partition coefficient (Wildman–Crippen LogP) is 4.97. The van der Waals surface area contributed by atoms with Gasteiger partial charge in [0.1, 0.15) is 6.04 Å². The van der Waals surface area contributed by atoms with Crippen molar-refractivity contribution in [1.82, 2.24) is 5.32 Å². The summed E-state index contributed by atoms with van der Waals surface area (Å²) < 4.78 is 0. The summed E-state index contributed by atoms with van der Waals surface area (Å²) in [4.78, 5) is 25.9. The van der Waals surface area contributed by atoms with Gasteiger partial charge in [0.15, 0.2) is 0 Å². The van der Waals surface area contributed by atoms with Crippen molar-refractivity contribution in [3.05, 3.63) is 108 Å². The van der Waals surface area contributed by atoms with Gasteiger partial charge in [0.05, 0.1) is 5.56 Å². The lowest BCUT2D eigenvalue weighted by Gasteiger charge is -2.18. The van der Waals surface area contributed by atoms with Gasteiger partial charge >= 0.3 is 0 Å². The van der Waals surface area contributed by atoms with Crippen molar-refractivity contribution in [3.8, 4) is 0 Å². The molecule has 4 nitrogen and oxygen atoms in total. The maximum Gasteiger partial charge on any atom is 0.253 e. The molecule has 0 heterocycles. The van der Waals surface area contributed by atoms with Crippen molar-refractivity contribution in [2.24, 2.45) is 5.73 Å². The monoisotopic (exact) mass is 418 g/mol. The van der Waals surface area contributed by atoms with E-state index in [0.717, 1.165) is 37.9 Å². The average molecular weight is 418 g/mol. The molecule has 0 fully saturated rings. The summed E-state index contributed by atoms with van der Waals surface area (Å²) in [6.45, 7) is 0. The molecule has 0 aliphatic rings. The molecule has 1 atom stereocenters. The Labute approximate surface area is 185 Å². The molecule has 0 saturated carbocycles. The van der Waals surface area contributed by atoms with Crippen LogP contribution in [0.5, 0.6) is 0 Å². The van der Waals surface area contributed by atoms with Crippen LogP contribution in [0, 0.1) is 0 Å². The van der Waals surface area contributed by atoms with Crippen molar-refractivity contribution in [1.29, 1.82) is 0 Å². The smallest absolute Gasteiger partial charge is 0.253 e. The van der Waals surface area contributed by atoms with E-state index in [-0.39, 0.29) is 5.91 Å². The predicted molar refractivity (Wildman–Crippen MR) is 130 cm³/mol. The first-order valence-corrected chi connectivity index (χ1v) is 10.6. The third-order valence-electron chi connectivity index (χ3n) is 5.95. The normalized spacial score (nSPS) is 12.1. The zero-order chi connectivity index (χ0) is 22.1. The maximum atomic E-state index is 13.5. The zero-order valence-corrected chi connectivity index (χ0v) is 17.4. The van der Waals surface area contributed by atoms with Crippen LogP contribution in [0.15, 0.2) is 97.1 Å². The summed E-state index contributed by atoms with van der Waals surface area (Å²) in [5.41, 5.74) is 7.25. The van der Waals surface area contributed by atoms with Gasteiger partial charge in [0.2, 0.25) is 5.91 Å². The topological polar surface area (TPSA) is 72.2 Å². The average Bonchev–Trinajstić information content (AvgIpc) is 2.82. The van der Waals surface area contributed by atoms with E-state index >= 15 is 0 Å². The van der Waals surface area contributed by atoms with E-state index in [4.69, 9.17) is 5.73 Å². The number of hydrogen-bond donors (Lipinski definition) is 2. The minimum atomic E-state index is -0.828. The molecule has 5 aromatic carbocycles. The van der Waals surface area contributed by atoms with Gasteiger partial charge < -0.3 is 11.1 Å². The first-order chi connectivity index (χ1) is 15.6. The summed E-state index contributed by atoms with van der Waals surface area (Å²) in [5, 5.41) is 8.68. The number of nitrogens with one attached hydrogen (secondary N) is 1. The number of benzene rings is 5. The van der Waals surface area contributed by atoms with Gasteiger partial charge in [-0.25, -0.2) is 0 Å². The first-order valence-electron chi connectivity index (χ1n) is 10.6. The third-order valence-corrected chi connectivity index (χ3v) is 5.95. The minimum Gasteiger partial charge on any atom is -0.368 e. The second-order valence-electron chi connectivity index (χ2n) is 7.96. The number of amides is 2. The highest BCUT2D eigenvalue weighted by Gasteiger charge is 2.23. The fourth-order valence-electron chi connectivity index (χ4n) is 4.40. The summed E-state index contributed by atoms with van der Waals surface area (Å²) >= 11 is 0. The Morgan fingerprint density at radius 3 is 1.84 bits per heavy atom. The fraction of sp³-hybridized carbons (Fsp3) is 0.0714. The molecule has 0 aromatic heterocycles. The number of carbonyl (C=O) groups is 2. The van der Waals surface area contributed by atoms with Crippen molar-refractivity contribution >= 4 is 44.1 Å². The molecular weight excluding hydrogens is 396 g/mol. The van der Waals surface area contributed by atoms with Crippen LogP contribution in [0.4, 0.5) is 0 Å². The van der Waals surface area contributed by atoms with Gasteiger partial charge in [0.25, 0.3) is 5.91 Å². The standard InChI is InChI=1S/C28H22N2O2/c29-27(31)25(17-21-12-7-11-18-8-1-4-13-22(18)21)30-28(32)26-23-14-5-2-9-19(23)16-20-10-3-6-15-24(20)26/h1-16,25H,17H2,(H2,29,31)(H,30,32)/t25-/m0/s1. The molecular formula is C28H22N2O2. The molecule has 0 aliphatic carbocycles. The summed E-state index contributed by atoms with van der Waals surface area (Å²) in [7, 11) is 0. The molecule has 3 N–H and O–H groups in total. The van der Waals surface area contributed by atoms with Crippen LogP contribution < -0.4 is 11.1 Å². The van der Waals surface area contributed by atoms with Gasteiger partial charge in [-0.05, 0) is 43.9 Å². The maximum absolute atomic E-state index is 13.5. The summed E-state index contributed by atoms with van der Waals surface area (Å²) in [6.07, 6.45) is 0.325. The third kappa shape index (κ3) is 3.56. The van der Waals surface area contributed by atoms with Crippen LogP contribution in [0.1, 0.15) is 15.9 Å². The minimum absolute atomic E-state index is 0.304. The van der Waals surface area contributed by atoms with E-state index in [1.165, 1.54) is 0 Å². The Kier molecular flexibility index (Phi) is 5.04. The van der Waals surface area contributed by atoms with Gasteiger partial charge in [-0.3, -0.25) is 9.59 Å². The molecule has 5 rings (SSSR count). The number of nitrogens with two attached hydrogens (primary N) is 1. The molecule has 156 valence electrons. The molecule has 2 amide bonds. The van der Waals surface area contributed by atoms with E-state index in [0.29, 0.717) is 12.0 Å². The Hall–Kier alpha value is -4.18. The van der Waals surface area contributed by atoms with Crippen LogP contribution in [0.25, 0.3) is 32.3 Å². The first kappa shape index (κ1) is 19.8. The molecule has 32 heavy (non-hydrogen) atoms. The van der Waals surface area contributed by atoms with Crippen LogP contribution in [-0.2, 0) is 11.2 Å². The second kappa shape index (κ2) is 8.16. The zero-order valence-electron chi connectivity index (χ0n) is 17.4. The highest BCUT2D eigenvalue weighted by molar-refractivity contribution is 6.18. The van der Waals surface area contributed by atoms with E-state index < -0.39 is 11.9 Å². The van der Waals surface area contributed by atoms with Crippen LogP contribution in [-0.4, -0.2) is 17.9 Å². The summed E-state index contributed by atoms with van der Waals surface area (Å²) in [6, 6.07) is 30.7. The molecule has 0 saturated heterocycles. The molecule has 5 aromatic rings. The SMILES string of the molecule is NC(=O)[C@H](Cc1cccc2ccccc12)NC(=O)c1c2ccccc2cc2ccccc12. The van der Waals surface area contributed by atoms with Gasteiger partial charge in [-0.2, -0.15) is 0 Å². The van der Waals surface area contributed by atoms with Crippen molar-refractivity contribution < 1.29 is 9.59 Å². The highest BCUT2D eigenvalue weighted by Crippen LogP contribution is 2.28. The lowest BCUT2D eigenvalue weighted by molar-refractivity contribution is -0.119. The molecule has 0 bridgehead atoms. The number of rotatable bonds is 5. The Morgan fingerprint density at radius 1 is 0.688 bits per heavy atom. The van der Waals surface area contributed by atoms with Crippen molar-refractivity contribution in [2.75, 3.05) is 0 Å². The fourth-order valence-corrected chi connectivity index (χ4v) is 4.40. The lowest BCUT2D eigenvalue weighted by Crippen LogP contribution is -2.46. The van der Waals surface area contributed by atoms with Crippen LogP contribution in [0.3, 0.4) is 0 Å². The van der Waals surface area contributed by atoms with Crippen LogP contribution >= 0.6 is 0 Å². The number of primary amides is 1. The molecule has 4 heteroatoms. The van der Waals surface area contributed by atoms with Crippen LogP contribution in [0.2, 0.25) is 0 Å².